The van der Waals surface area contributed by atoms with Crippen molar-refractivity contribution in [3.05, 3.63) is 0 Å². The van der Waals surface area contributed by atoms with Crippen molar-refractivity contribution >= 4 is 11.9 Å². The van der Waals surface area contributed by atoms with Crippen LogP contribution in [0.15, 0.2) is 0 Å². The molecule has 6 heteroatoms. The van der Waals surface area contributed by atoms with Crippen molar-refractivity contribution in [2.45, 2.75) is 32.9 Å². The number of nitrogens with one attached hydrogen (secondary N) is 1. The first-order valence-corrected chi connectivity index (χ1v) is 6.32. The molecule has 1 aliphatic heterocycles. The van der Waals surface area contributed by atoms with Crippen molar-refractivity contribution in [2.24, 2.45) is 0 Å². The molecule has 6 nitrogen and oxygen atoms in total. The van der Waals surface area contributed by atoms with Gasteiger partial charge in [-0.2, -0.15) is 0 Å². The van der Waals surface area contributed by atoms with E-state index in [1.807, 2.05) is 13.8 Å². The Bertz CT molecular complexity index is 294. The monoisotopic (exact) mass is 258 g/mol. The van der Waals surface area contributed by atoms with E-state index in [1.54, 1.807) is 11.8 Å². The van der Waals surface area contributed by atoms with Crippen LogP contribution in [0.5, 0.6) is 0 Å². The van der Waals surface area contributed by atoms with Crippen LogP contribution in [-0.2, 0) is 19.1 Å². The van der Waals surface area contributed by atoms with Crippen LogP contribution in [0.4, 0.5) is 0 Å². The van der Waals surface area contributed by atoms with Gasteiger partial charge in [0.15, 0.2) is 0 Å². The summed E-state index contributed by atoms with van der Waals surface area (Å²) in [6.07, 6.45) is 0. The molecule has 1 fully saturated rings. The van der Waals surface area contributed by atoms with Crippen LogP contribution >= 0.6 is 0 Å². The SMILES string of the molecule is CCOC(=O)CN1CCOCC1C(=O)NC(C)C. The van der Waals surface area contributed by atoms with E-state index in [9.17, 15) is 9.59 Å². The van der Waals surface area contributed by atoms with Crippen molar-refractivity contribution in [3.63, 3.8) is 0 Å². The first-order chi connectivity index (χ1) is 8.54. The van der Waals surface area contributed by atoms with Gasteiger partial charge in [0.1, 0.15) is 6.04 Å². The summed E-state index contributed by atoms with van der Waals surface area (Å²) in [5.74, 6) is -0.407. The molecular formula is C12H22N2O4. The van der Waals surface area contributed by atoms with E-state index in [-0.39, 0.29) is 24.5 Å². The number of amides is 1. The van der Waals surface area contributed by atoms with Gasteiger partial charge >= 0.3 is 5.97 Å². The first kappa shape index (κ1) is 14.9. The minimum Gasteiger partial charge on any atom is -0.465 e. The van der Waals surface area contributed by atoms with Gasteiger partial charge < -0.3 is 14.8 Å². The maximum atomic E-state index is 12.0. The molecule has 1 heterocycles. The third kappa shape index (κ3) is 4.62. The predicted molar refractivity (Wildman–Crippen MR) is 66.1 cm³/mol. The molecule has 0 radical (unpaired) electrons. The first-order valence-electron chi connectivity index (χ1n) is 6.32. The van der Waals surface area contributed by atoms with Crippen molar-refractivity contribution in [3.8, 4) is 0 Å². The lowest BCUT2D eigenvalue weighted by Crippen LogP contribution is -2.56. The summed E-state index contributed by atoms with van der Waals surface area (Å²) in [5, 5.41) is 2.83. The van der Waals surface area contributed by atoms with Gasteiger partial charge in [0.25, 0.3) is 0 Å². The molecule has 18 heavy (non-hydrogen) atoms. The van der Waals surface area contributed by atoms with Crippen LogP contribution < -0.4 is 5.32 Å². The molecule has 1 unspecified atom stereocenters. The molecule has 1 rings (SSSR count). The Morgan fingerprint density at radius 3 is 2.83 bits per heavy atom. The molecule has 0 bridgehead atoms. The Labute approximate surface area is 108 Å². The van der Waals surface area contributed by atoms with Crippen molar-refractivity contribution < 1.29 is 19.1 Å². The molecule has 104 valence electrons. The van der Waals surface area contributed by atoms with Crippen LogP contribution in [0.25, 0.3) is 0 Å². The van der Waals surface area contributed by atoms with E-state index < -0.39 is 6.04 Å². The lowest BCUT2D eigenvalue weighted by atomic mass is 10.2. The average molecular weight is 258 g/mol. The average Bonchev–Trinajstić information content (AvgIpc) is 2.28. The zero-order valence-corrected chi connectivity index (χ0v) is 11.3. The van der Waals surface area contributed by atoms with E-state index in [2.05, 4.69) is 5.32 Å². The second kappa shape index (κ2) is 7.33. The summed E-state index contributed by atoms with van der Waals surface area (Å²) in [6, 6.07) is -0.338. The van der Waals surface area contributed by atoms with Crippen molar-refractivity contribution in [1.29, 1.82) is 0 Å². The van der Waals surface area contributed by atoms with Gasteiger partial charge in [-0.05, 0) is 20.8 Å². The number of hydrogen-bond donors (Lipinski definition) is 1. The number of esters is 1. The molecular weight excluding hydrogens is 236 g/mol. The van der Waals surface area contributed by atoms with Crippen molar-refractivity contribution in [2.75, 3.05) is 32.9 Å². The maximum Gasteiger partial charge on any atom is 0.320 e. The number of rotatable bonds is 5. The van der Waals surface area contributed by atoms with E-state index in [4.69, 9.17) is 9.47 Å². The van der Waals surface area contributed by atoms with Gasteiger partial charge in [-0.15, -0.1) is 0 Å². The zero-order chi connectivity index (χ0) is 13.5. The number of nitrogens with zero attached hydrogens (tertiary/aromatic N) is 1. The van der Waals surface area contributed by atoms with E-state index in [1.165, 1.54) is 0 Å². The van der Waals surface area contributed by atoms with E-state index in [0.29, 0.717) is 26.4 Å². The highest BCUT2D eigenvalue weighted by molar-refractivity contribution is 5.83. The summed E-state index contributed by atoms with van der Waals surface area (Å²) in [7, 11) is 0. The highest BCUT2D eigenvalue weighted by Gasteiger charge is 2.31. The molecule has 1 saturated heterocycles. The van der Waals surface area contributed by atoms with Crippen LogP contribution in [0.3, 0.4) is 0 Å². The highest BCUT2D eigenvalue weighted by Crippen LogP contribution is 2.07. The van der Waals surface area contributed by atoms with Crippen LogP contribution in [0.1, 0.15) is 20.8 Å². The van der Waals surface area contributed by atoms with Gasteiger partial charge in [-0.25, -0.2) is 0 Å². The Morgan fingerprint density at radius 1 is 1.50 bits per heavy atom. The van der Waals surface area contributed by atoms with Gasteiger partial charge in [-0.1, -0.05) is 0 Å². The molecule has 0 aromatic carbocycles. The molecule has 1 atom stereocenters. The Morgan fingerprint density at radius 2 is 2.22 bits per heavy atom. The van der Waals surface area contributed by atoms with Crippen LogP contribution in [0, 0.1) is 0 Å². The molecule has 0 aromatic rings. The molecule has 1 aliphatic rings. The third-order valence-electron chi connectivity index (χ3n) is 2.61. The van der Waals surface area contributed by atoms with Gasteiger partial charge in [0.05, 0.1) is 26.4 Å². The number of morpholine rings is 1. The highest BCUT2D eigenvalue weighted by atomic mass is 16.5. The lowest BCUT2D eigenvalue weighted by molar-refractivity contribution is -0.148. The third-order valence-corrected chi connectivity index (χ3v) is 2.61. The minimum absolute atomic E-state index is 0.0730. The predicted octanol–water partition coefficient (Wildman–Crippen LogP) is -0.225. The fourth-order valence-corrected chi connectivity index (χ4v) is 1.82. The minimum atomic E-state index is -0.412. The fourth-order valence-electron chi connectivity index (χ4n) is 1.82. The number of ether oxygens (including phenoxy) is 2. The van der Waals surface area contributed by atoms with Crippen molar-refractivity contribution in [1.82, 2.24) is 10.2 Å². The number of carbonyl (C=O) groups is 2. The molecule has 1 amide bonds. The standard InChI is InChI=1S/C12H22N2O4/c1-4-18-11(15)7-14-5-6-17-8-10(14)12(16)13-9(2)3/h9-10H,4-8H2,1-3H3,(H,13,16). The second-order valence-electron chi connectivity index (χ2n) is 4.53. The van der Waals surface area contributed by atoms with Crippen LogP contribution in [-0.4, -0.2) is 61.8 Å². The fraction of sp³-hybridized carbons (Fsp3) is 0.833. The molecule has 1 N–H and O–H groups in total. The summed E-state index contributed by atoms with van der Waals surface area (Å²) >= 11 is 0. The van der Waals surface area contributed by atoms with Gasteiger partial charge in [0.2, 0.25) is 5.91 Å². The molecule has 0 aromatic heterocycles. The second-order valence-corrected chi connectivity index (χ2v) is 4.53. The van der Waals surface area contributed by atoms with Gasteiger partial charge in [0, 0.05) is 12.6 Å². The smallest absolute Gasteiger partial charge is 0.320 e. The van der Waals surface area contributed by atoms with E-state index in [0.717, 1.165) is 0 Å². The largest absolute Gasteiger partial charge is 0.465 e. The summed E-state index contributed by atoms with van der Waals surface area (Å²) in [6.45, 7) is 7.46. The molecule has 0 spiro atoms. The summed E-state index contributed by atoms with van der Waals surface area (Å²) in [4.78, 5) is 25.2. The van der Waals surface area contributed by atoms with E-state index >= 15 is 0 Å². The summed E-state index contributed by atoms with van der Waals surface area (Å²) in [5.41, 5.74) is 0. The number of carbonyl (C=O) groups excluding carboxylic acids is 2. The Hall–Kier alpha value is -1.14. The van der Waals surface area contributed by atoms with Gasteiger partial charge in [-0.3, -0.25) is 14.5 Å². The molecule has 0 aliphatic carbocycles. The molecule has 0 saturated carbocycles. The quantitative estimate of drug-likeness (QED) is 0.690. The normalized spacial score (nSPS) is 20.8. The maximum absolute atomic E-state index is 12.0. The zero-order valence-electron chi connectivity index (χ0n) is 11.3. The Kier molecular flexibility index (Phi) is 6.07. The topological polar surface area (TPSA) is 67.9 Å². The van der Waals surface area contributed by atoms with Crippen LogP contribution in [0.2, 0.25) is 0 Å². The lowest BCUT2D eigenvalue weighted by Gasteiger charge is -2.34. The number of hydrogen-bond acceptors (Lipinski definition) is 5. The Balaban J connectivity index is 2.56. The summed E-state index contributed by atoms with van der Waals surface area (Å²) < 4.78 is 10.2.